The molecule has 1 aliphatic heterocycles. The van der Waals surface area contributed by atoms with E-state index in [-0.39, 0.29) is 11.4 Å². The number of nitrogens with zero attached hydrogens (tertiary/aromatic N) is 4. The van der Waals surface area contributed by atoms with Gasteiger partial charge >= 0.3 is 0 Å². The number of piperazine rings is 1. The largest absolute Gasteiger partial charge is 0.352 e. The number of aromatic amines is 1. The minimum absolute atomic E-state index is 0.0630. The van der Waals surface area contributed by atoms with E-state index in [9.17, 15) is 4.79 Å². The first-order valence-corrected chi connectivity index (χ1v) is 10.4. The number of H-pyrrole nitrogens is 1. The summed E-state index contributed by atoms with van der Waals surface area (Å²) in [5.41, 5.74) is 1.59. The molecule has 4 heterocycles. The molecule has 1 aromatic carbocycles. The van der Waals surface area contributed by atoms with Crippen LogP contribution < -0.4 is 4.90 Å². The van der Waals surface area contributed by atoms with Crippen molar-refractivity contribution < 1.29 is 4.79 Å². The summed E-state index contributed by atoms with van der Waals surface area (Å²) < 4.78 is 1.22. The molecule has 6 nitrogen and oxygen atoms in total. The van der Waals surface area contributed by atoms with Crippen LogP contribution in [-0.4, -0.2) is 50.9 Å². The van der Waals surface area contributed by atoms with Gasteiger partial charge in [-0.2, -0.15) is 0 Å². The zero-order valence-electron chi connectivity index (χ0n) is 15.3. The number of benzene rings is 1. The molecule has 1 N–H and O–H groups in total. The van der Waals surface area contributed by atoms with Crippen molar-refractivity contribution in [2.24, 2.45) is 0 Å². The quantitative estimate of drug-likeness (QED) is 0.568. The first-order valence-electron chi connectivity index (χ1n) is 9.56. The number of rotatable bonds is 2. The minimum Gasteiger partial charge on any atom is -0.352 e. The average Bonchev–Trinajstić information content (AvgIpc) is 3.13. The summed E-state index contributed by atoms with van der Waals surface area (Å²) in [5, 5.41) is 4.26. The highest BCUT2D eigenvalue weighted by Crippen LogP contribution is 2.46. The third-order valence-electron chi connectivity index (χ3n) is 6.06. The molecule has 1 saturated carbocycles. The maximum atomic E-state index is 13.3. The zero-order valence-corrected chi connectivity index (χ0v) is 16.1. The molecule has 1 saturated heterocycles. The maximum absolute atomic E-state index is 13.3. The monoisotopic (exact) mass is 389 g/mol. The van der Waals surface area contributed by atoms with Crippen molar-refractivity contribution in [3.63, 3.8) is 0 Å². The second-order valence-corrected chi connectivity index (χ2v) is 8.66. The van der Waals surface area contributed by atoms with Crippen molar-refractivity contribution in [1.29, 1.82) is 0 Å². The summed E-state index contributed by atoms with van der Waals surface area (Å²) >= 11 is 1.71. The molecule has 7 heteroatoms. The number of hydrogen-bond donors (Lipinski definition) is 1. The standard InChI is InChI=1S/C21H19N5OS/c27-20(15-1-2-17-14(11-15)4-10-28-17)26-9-8-25(12-21(26)5-6-21)19-16-3-7-22-18(16)23-13-24-19/h1-4,7,10-11,13H,5-6,8-9,12H2,(H,22,23,24). The third kappa shape index (κ3) is 2.36. The summed E-state index contributed by atoms with van der Waals surface area (Å²) in [7, 11) is 0. The highest BCUT2D eigenvalue weighted by Gasteiger charge is 2.53. The van der Waals surface area contributed by atoms with Gasteiger partial charge in [0.25, 0.3) is 5.91 Å². The Morgan fingerprint density at radius 3 is 2.96 bits per heavy atom. The van der Waals surface area contributed by atoms with Crippen LogP contribution in [0.5, 0.6) is 0 Å². The fraction of sp³-hybridized carbons (Fsp3) is 0.286. The number of thiophene rings is 1. The van der Waals surface area contributed by atoms with Crippen LogP contribution in [0.25, 0.3) is 21.1 Å². The van der Waals surface area contributed by atoms with Gasteiger partial charge in [-0.25, -0.2) is 9.97 Å². The summed E-state index contributed by atoms with van der Waals surface area (Å²) in [6.07, 6.45) is 5.62. The number of hydrogen-bond acceptors (Lipinski definition) is 5. The number of carbonyl (C=O) groups excluding carboxylic acids is 1. The van der Waals surface area contributed by atoms with E-state index in [1.165, 1.54) is 4.70 Å². The predicted octanol–water partition coefficient (Wildman–Crippen LogP) is 3.67. The minimum atomic E-state index is -0.0630. The van der Waals surface area contributed by atoms with E-state index in [1.807, 2.05) is 24.4 Å². The van der Waals surface area contributed by atoms with Gasteiger partial charge in [-0.3, -0.25) is 4.79 Å². The van der Waals surface area contributed by atoms with Gasteiger partial charge in [0.1, 0.15) is 17.8 Å². The Morgan fingerprint density at radius 2 is 2.07 bits per heavy atom. The normalized spacial score (nSPS) is 18.3. The van der Waals surface area contributed by atoms with Crippen molar-refractivity contribution in [1.82, 2.24) is 19.9 Å². The number of fused-ring (bicyclic) bond motifs is 2. The summed E-state index contributed by atoms with van der Waals surface area (Å²) in [4.78, 5) is 29.7. The van der Waals surface area contributed by atoms with Gasteiger partial charge in [0.15, 0.2) is 0 Å². The van der Waals surface area contributed by atoms with E-state index in [1.54, 1.807) is 17.7 Å². The molecule has 1 spiro atoms. The van der Waals surface area contributed by atoms with Crippen LogP contribution in [0, 0.1) is 0 Å². The van der Waals surface area contributed by atoms with Crippen LogP contribution in [0.3, 0.4) is 0 Å². The molecule has 0 bridgehead atoms. The maximum Gasteiger partial charge on any atom is 0.254 e. The van der Waals surface area contributed by atoms with Crippen LogP contribution in [0.15, 0.2) is 48.2 Å². The van der Waals surface area contributed by atoms with Gasteiger partial charge in [0.2, 0.25) is 0 Å². The van der Waals surface area contributed by atoms with Gasteiger partial charge in [-0.15, -0.1) is 11.3 Å². The number of carbonyl (C=O) groups is 1. The Bertz CT molecular complexity index is 1210. The lowest BCUT2D eigenvalue weighted by atomic mass is 10.1. The van der Waals surface area contributed by atoms with Crippen LogP contribution in [0.2, 0.25) is 0 Å². The second-order valence-electron chi connectivity index (χ2n) is 7.71. The van der Waals surface area contributed by atoms with E-state index in [2.05, 4.69) is 42.3 Å². The Balaban J connectivity index is 1.30. The molecule has 0 radical (unpaired) electrons. The lowest BCUT2D eigenvalue weighted by molar-refractivity contribution is 0.0624. The van der Waals surface area contributed by atoms with E-state index >= 15 is 0 Å². The Labute approximate surface area is 165 Å². The van der Waals surface area contributed by atoms with Crippen LogP contribution in [0.4, 0.5) is 5.82 Å². The predicted molar refractivity (Wildman–Crippen MR) is 111 cm³/mol. The van der Waals surface area contributed by atoms with Gasteiger partial charge in [-0.1, -0.05) is 0 Å². The highest BCUT2D eigenvalue weighted by atomic mass is 32.1. The molecule has 2 aliphatic rings. The lowest BCUT2D eigenvalue weighted by Gasteiger charge is -2.43. The first kappa shape index (κ1) is 16.1. The topological polar surface area (TPSA) is 65.1 Å². The van der Waals surface area contributed by atoms with Gasteiger partial charge in [0, 0.05) is 36.1 Å². The molecular formula is C21H19N5OS. The zero-order chi connectivity index (χ0) is 18.7. The van der Waals surface area contributed by atoms with Crippen molar-refractivity contribution in [3.05, 3.63) is 53.8 Å². The van der Waals surface area contributed by atoms with Crippen LogP contribution >= 0.6 is 11.3 Å². The molecular weight excluding hydrogens is 370 g/mol. The highest BCUT2D eigenvalue weighted by molar-refractivity contribution is 7.17. The van der Waals surface area contributed by atoms with Crippen molar-refractivity contribution in [2.75, 3.05) is 24.5 Å². The molecule has 4 aromatic rings. The molecule has 140 valence electrons. The average molecular weight is 389 g/mol. The van der Waals surface area contributed by atoms with E-state index in [0.717, 1.165) is 60.3 Å². The number of anilines is 1. The van der Waals surface area contributed by atoms with Crippen molar-refractivity contribution in [2.45, 2.75) is 18.4 Å². The molecule has 6 rings (SSSR count). The SMILES string of the molecule is O=C(c1ccc2sccc2c1)N1CCN(c2ncnc3[nH]ccc23)CC12CC2. The number of aromatic nitrogens is 3. The van der Waals surface area contributed by atoms with Crippen LogP contribution in [-0.2, 0) is 0 Å². The van der Waals surface area contributed by atoms with Crippen molar-refractivity contribution >= 4 is 44.2 Å². The second kappa shape index (κ2) is 5.78. The fourth-order valence-electron chi connectivity index (χ4n) is 4.41. The molecule has 1 aliphatic carbocycles. The molecule has 2 fully saturated rings. The first-order chi connectivity index (χ1) is 13.7. The van der Waals surface area contributed by atoms with Gasteiger partial charge in [-0.05, 0) is 53.9 Å². The molecule has 0 unspecified atom stereocenters. The van der Waals surface area contributed by atoms with E-state index in [0.29, 0.717) is 0 Å². The lowest BCUT2D eigenvalue weighted by Crippen LogP contribution is -2.57. The third-order valence-corrected chi connectivity index (χ3v) is 6.95. The molecule has 28 heavy (non-hydrogen) atoms. The summed E-state index contributed by atoms with van der Waals surface area (Å²) in [6.45, 7) is 2.33. The molecule has 0 atom stereocenters. The van der Waals surface area contributed by atoms with E-state index in [4.69, 9.17) is 0 Å². The Hall–Kier alpha value is -2.93. The fourth-order valence-corrected chi connectivity index (χ4v) is 5.18. The van der Waals surface area contributed by atoms with Gasteiger partial charge < -0.3 is 14.8 Å². The Morgan fingerprint density at radius 1 is 1.14 bits per heavy atom. The summed E-state index contributed by atoms with van der Waals surface area (Å²) in [6, 6.07) is 10.2. The van der Waals surface area contributed by atoms with Crippen LogP contribution in [0.1, 0.15) is 23.2 Å². The summed E-state index contributed by atoms with van der Waals surface area (Å²) in [5.74, 6) is 1.11. The number of amides is 1. The van der Waals surface area contributed by atoms with Crippen molar-refractivity contribution in [3.8, 4) is 0 Å². The molecule has 1 amide bonds. The Kier molecular flexibility index (Phi) is 3.32. The smallest absolute Gasteiger partial charge is 0.254 e. The van der Waals surface area contributed by atoms with Gasteiger partial charge in [0.05, 0.1) is 10.9 Å². The number of nitrogens with one attached hydrogen (secondary N) is 1. The van der Waals surface area contributed by atoms with E-state index < -0.39 is 0 Å². The molecule has 3 aromatic heterocycles.